The van der Waals surface area contributed by atoms with Crippen LogP contribution in [0.25, 0.3) is 0 Å². The largest absolute Gasteiger partial charge is 0.376 e. The lowest BCUT2D eigenvalue weighted by atomic mass is 9.73. The Morgan fingerprint density at radius 2 is 2.08 bits per heavy atom. The predicted molar refractivity (Wildman–Crippen MR) is 141 cm³/mol. The van der Waals surface area contributed by atoms with Crippen LogP contribution in [-0.2, 0) is 14.5 Å². The van der Waals surface area contributed by atoms with Gasteiger partial charge in [0, 0.05) is 37.3 Å². The fraction of sp³-hybridized carbons (Fsp3) is 0.520. The first kappa shape index (κ1) is 25.9. The molecule has 2 aromatic rings. The molecule has 4 fully saturated rings. The van der Waals surface area contributed by atoms with E-state index in [0.29, 0.717) is 17.9 Å². The number of halogens is 1. The summed E-state index contributed by atoms with van der Waals surface area (Å²) in [4.78, 5) is 30.8. The van der Waals surface area contributed by atoms with E-state index in [1.54, 1.807) is 42.6 Å². The predicted octanol–water partition coefficient (Wildman–Crippen LogP) is 1.17. The molecule has 0 bridgehead atoms. The number of ether oxygens (including phenoxy) is 1. The van der Waals surface area contributed by atoms with Gasteiger partial charge in [-0.2, -0.15) is 10.4 Å². The van der Waals surface area contributed by atoms with Crippen LogP contribution in [0, 0.1) is 5.41 Å². The average Bonchev–Trinajstić information content (AvgIpc) is 3.23. The zero-order chi connectivity index (χ0) is 26.3. The summed E-state index contributed by atoms with van der Waals surface area (Å²) >= 11 is 6.62. The fourth-order valence-electron chi connectivity index (χ4n) is 5.66. The molecule has 1 spiro atoms. The minimum atomic E-state index is -0.406. The average molecular weight is 545 g/mol. The van der Waals surface area contributed by atoms with Gasteiger partial charge in [0.1, 0.15) is 17.5 Å². The van der Waals surface area contributed by atoms with Gasteiger partial charge in [0.25, 0.3) is 5.91 Å². The number of nitrogens with one attached hydrogen (secondary N) is 4. The maximum absolute atomic E-state index is 12.6. The molecular formula is C25H33ClN8O4. The summed E-state index contributed by atoms with van der Waals surface area (Å²) in [6.45, 7) is 5.40. The molecular weight excluding hydrogens is 512 g/mol. The third-order valence-corrected chi connectivity index (χ3v) is 8.46. The SMILES string of the molecule is C[C@@H]1OCC2(CCN(C3CNC4ON(c5cccc(NC(=O)c6ccccn6)c5Cl)ONC4N3)CC2)[C@@H]1N. The van der Waals surface area contributed by atoms with Crippen molar-refractivity contribution in [3.05, 3.63) is 53.3 Å². The first-order chi connectivity index (χ1) is 18.4. The Morgan fingerprint density at radius 3 is 2.82 bits per heavy atom. The molecule has 5 heterocycles. The van der Waals surface area contributed by atoms with Crippen molar-refractivity contribution in [2.75, 3.05) is 36.8 Å². The maximum atomic E-state index is 12.6. The molecule has 1 aromatic carbocycles. The third kappa shape index (κ3) is 4.88. The van der Waals surface area contributed by atoms with E-state index in [-0.39, 0.29) is 46.5 Å². The molecule has 5 atom stereocenters. The Balaban J connectivity index is 1.05. The van der Waals surface area contributed by atoms with Crippen LogP contribution in [0.4, 0.5) is 11.4 Å². The summed E-state index contributed by atoms with van der Waals surface area (Å²) in [5.74, 6) is -0.368. The lowest BCUT2D eigenvalue weighted by Crippen LogP contribution is -2.74. The molecule has 0 radical (unpaired) electrons. The van der Waals surface area contributed by atoms with E-state index >= 15 is 0 Å². The Hall–Kier alpha value is -2.39. The molecule has 0 aliphatic carbocycles. The highest BCUT2D eigenvalue weighted by Crippen LogP contribution is 2.41. The molecule has 38 heavy (non-hydrogen) atoms. The van der Waals surface area contributed by atoms with E-state index in [1.807, 2.05) is 0 Å². The van der Waals surface area contributed by atoms with E-state index in [0.717, 1.165) is 32.5 Å². The molecule has 12 nitrogen and oxygen atoms in total. The number of pyridine rings is 1. The number of nitrogens with zero attached hydrogens (tertiary/aromatic N) is 3. The second-order valence-electron chi connectivity index (χ2n) is 10.3. The number of rotatable bonds is 4. The molecule has 4 aliphatic rings. The lowest BCUT2D eigenvalue weighted by Gasteiger charge is -2.49. The number of carbonyl (C=O) groups is 1. The molecule has 204 valence electrons. The van der Waals surface area contributed by atoms with Crippen LogP contribution in [0.2, 0.25) is 5.02 Å². The number of piperidine rings is 1. The van der Waals surface area contributed by atoms with Crippen molar-refractivity contribution in [2.24, 2.45) is 11.1 Å². The Labute approximate surface area is 226 Å². The molecule has 4 saturated heterocycles. The second-order valence-corrected chi connectivity index (χ2v) is 10.7. The van der Waals surface area contributed by atoms with Crippen molar-refractivity contribution < 1.29 is 19.3 Å². The van der Waals surface area contributed by atoms with Crippen LogP contribution in [0.1, 0.15) is 30.3 Å². The number of fused-ring (bicyclic) bond motifs is 1. The minimum absolute atomic E-state index is 0.0846. The van der Waals surface area contributed by atoms with Crippen molar-refractivity contribution >= 4 is 28.9 Å². The Kier molecular flexibility index (Phi) is 7.24. The van der Waals surface area contributed by atoms with E-state index in [2.05, 4.69) is 38.2 Å². The van der Waals surface area contributed by atoms with Gasteiger partial charge in [-0.1, -0.05) is 23.7 Å². The number of likely N-dealkylation sites (tertiary alicyclic amines) is 1. The van der Waals surface area contributed by atoms with E-state index in [4.69, 9.17) is 31.8 Å². The van der Waals surface area contributed by atoms with Gasteiger partial charge in [0.05, 0.1) is 29.6 Å². The van der Waals surface area contributed by atoms with Crippen molar-refractivity contribution in [1.82, 2.24) is 26.0 Å². The summed E-state index contributed by atoms with van der Waals surface area (Å²) in [7, 11) is 0. The zero-order valence-electron chi connectivity index (χ0n) is 21.1. The fourth-order valence-corrected chi connectivity index (χ4v) is 5.90. The summed E-state index contributed by atoms with van der Waals surface area (Å²) in [5, 5.41) is 11.3. The van der Waals surface area contributed by atoms with Crippen molar-refractivity contribution in [3.8, 4) is 0 Å². The topological polar surface area (TPSA) is 138 Å². The molecule has 1 aromatic heterocycles. The maximum Gasteiger partial charge on any atom is 0.274 e. The van der Waals surface area contributed by atoms with Crippen LogP contribution in [0.3, 0.4) is 0 Å². The number of aromatic nitrogens is 1. The quantitative estimate of drug-likeness (QED) is 0.379. The minimum Gasteiger partial charge on any atom is -0.376 e. The van der Waals surface area contributed by atoms with Gasteiger partial charge in [-0.25, -0.2) is 4.84 Å². The highest BCUT2D eigenvalue weighted by atomic mass is 35.5. The van der Waals surface area contributed by atoms with E-state index < -0.39 is 6.23 Å². The summed E-state index contributed by atoms with van der Waals surface area (Å²) in [6.07, 6.45) is 3.13. The van der Waals surface area contributed by atoms with Gasteiger partial charge in [-0.3, -0.25) is 25.3 Å². The highest BCUT2D eigenvalue weighted by Gasteiger charge is 2.49. The second kappa shape index (κ2) is 10.6. The Bertz CT molecular complexity index is 1150. The van der Waals surface area contributed by atoms with Crippen LogP contribution < -0.4 is 32.4 Å². The standard InChI is InChI=1S/C25H33ClN8O4/c1-15-21(27)25(14-36-15)8-11-33(12-9-25)19-13-29-24-22(31-19)32-38-34(37-24)18-7-4-6-16(20(18)26)30-23(35)17-5-2-3-10-28-17/h2-7,10,15,19,21-22,24,29,31-32H,8-9,11-14,27H2,1H3,(H,30,35)/t15-,19?,21+,22?,24?/m0/s1. The van der Waals surface area contributed by atoms with Crippen LogP contribution >= 0.6 is 11.6 Å². The van der Waals surface area contributed by atoms with Crippen LogP contribution in [-0.4, -0.2) is 72.7 Å². The summed E-state index contributed by atoms with van der Waals surface area (Å²) in [6, 6.07) is 10.4. The van der Waals surface area contributed by atoms with Crippen molar-refractivity contribution in [2.45, 2.75) is 50.5 Å². The molecule has 6 N–H and O–H groups in total. The molecule has 4 aliphatic heterocycles. The van der Waals surface area contributed by atoms with Gasteiger partial charge in [0.2, 0.25) is 0 Å². The number of hydroxylamine groups is 1. The highest BCUT2D eigenvalue weighted by molar-refractivity contribution is 6.36. The first-order valence-corrected chi connectivity index (χ1v) is 13.3. The molecule has 0 saturated carbocycles. The number of amides is 1. The zero-order valence-corrected chi connectivity index (χ0v) is 21.9. The summed E-state index contributed by atoms with van der Waals surface area (Å²) < 4.78 is 5.86. The van der Waals surface area contributed by atoms with Crippen LogP contribution in [0.15, 0.2) is 42.6 Å². The number of nitrogens with two attached hydrogens (primary N) is 1. The van der Waals surface area contributed by atoms with E-state index in [1.165, 1.54) is 5.23 Å². The van der Waals surface area contributed by atoms with Crippen LogP contribution in [0.5, 0.6) is 0 Å². The Morgan fingerprint density at radius 1 is 1.24 bits per heavy atom. The molecule has 1 amide bonds. The monoisotopic (exact) mass is 544 g/mol. The van der Waals surface area contributed by atoms with Crippen molar-refractivity contribution in [3.63, 3.8) is 0 Å². The summed E-state index contributed by atoms with van der Waals surface area (Å²) in [5.41, 5.74) is 10.7. The van der Waals surface area contributed by atoms with Gasteiger partial charge in [-0.05, 0) is 44.0 Å². The van der Waals surface area contributed by atoms with Gasteiger partial charge in [-0.15, -0.1) is 5.23 Å². The normalized spacial score (nSPS) is 31.2. The number of carbonyl (C=O) groups excluding carboxylic acids is 1. The molecule has 3 unspecified atom stereocenters. The lowest BCUT2D eigenvalue weighted by molar-refractivity contribution is -0.250. The number of benzene rings is 1. The molecule has 6 rings (SSSR count). The van der Waals surface area contributed by atoms with Crippen molar-refractivity contribution in [1.29, 1.82) is 0 Å². The smallest absolute Gasteiger partial charge is 0.274 e. The third-order valence-electron chi connectivity index (χ3n) is 8.06. The van der Waals surface area contributed by atoms with E-state index in [9.17, 15) is 4.79 Å². The van der Waals surface area contributed by atoms with Gasteiger partial charge >= 0.3 is 0 Å². The number of hydrogen-bond donors (Lipinski definition) is 5. The van der Waals surface area contributed by atoms with Gasteiger partial charge < -0.3 is 15.8 Å². The number of piperazine rings is 1. The molecule has 13 heteroatoms. The first-order valence-electron chi connectivity index (χ1n) is 12.9. The van der Waals surface area contributed by atoms with Gasteiger partial charge in [0.15, 0.2) is 6.23 Å². The number of anilines is 2. The number of hydrogen-bond acceptors (Lipinski definition) is 11.